The van der Waals surface area contributed by atoms with Crippen LogP contribution >= 0.6 is 0 Å². The van der Waals surface area contributed by atoms with Crippen LogP contribution in [0, 0.1) is 0 Å². The highest BCUT2D eigenvalue weighted by Crippen LogP contribution is 2.39. The molecule has 2 aliphatic carbocycles. The number of hydrogen-bond acceptors (Lipinski definition) is 3. The van der Waals surface area contributed by atoms with Crippen LogP contribution in [0.1, 0.15) is 83.6 Å². The summed E-state index contributed by atoms with van der Waals surface area (Å²) in [4.78, 5) is 30.5. The summed E-state index contributed by atoms with van der Waals surface area (Å²) >= 11 is 0. The molecule has 1 aromatic rings. The highest BCUT2D eigenvalue weighted by Gasteiger charge is 2.57. The van der Waals surface area contributed by atoms with Crippen molar-refractivity contribution in [3.8, 4) is 0 Å². The molecule has 7 nitrogen and oxygen atoms in total. The van der Waals surface area contributed by atoms with Gasteiger partial charge >= 0.3 is 12.1 Å². The summed E-state index contributed by atoms with van der Waals surface area (Å²) < 4.78 is 0. The zero-order valence-corrected chi connectivity index (χ0v) is 20.2. The van der Waals surface area contributed by atoms with Gasteiger partial charge in [0, 0.05) is 18.6 Å². The van der Waals surface area contributed by atoms with Gasteiger partial charge < -0.3 is 10.2 Å². The van der Waals surface area contributed by atoms with E-state index in [0.29, 0.717) is 6.54 Å². The van der Waals surface area contributed by atoms with Crippen LogP contribution in [0.3, 0.4) is 0 Å². The van der Waals surface area contributed by atoms with Gasteiger partial charge in [0.15, 0.2) is 6.17 Å². The van der Waals surface area contributed by atoms with Gasteiger partial charge in [0.2, 0.25) is 0 Å². The molecule has 1 unspecified atom stereocenters. The minimum atomic E-state index is -0.720. The number of benzene rings is 1. The van der Waals surface area contributed by atoms with E-state index >= 15 is 0 Å². The number of nitrogens with zero attached hydrogens (tertiary/aromatic N) is 3. The van der Waals surface area contributed by atoms with Gasteiger partial charge in [-0.25, -0.2) is 9.59 Å². The number of rotatable bonds is 6. The molecular weight excluding hydrogens is 416 g/mol. The first-order valence-electron chi connectivity index (χ1n) is 12.8. The first-order chi connectivity index (χ1) is 15.9. The Hall–Kier alpha value is -2.28. The fraction of sp³-hybridized carbons (Fsp3) is 0.692. The van der Waals surface area contributed by atoms with Gasteiger partial charge in [0.05, 0.1) is 5.54 Å². The maximum Gasteiger partial charge on any atom is 0.343 e. The van der Waals surface area contributed by atoms with Crippen molar-refractivity contribution in [2.45, 2.75) is 108 Å². The first kappa shape index (κ1) is 23.9. The van der Waals surface area contributed by atoms with E-state index in [2.05, 4.69) is 17.4 Å². The van der Waals surface area contributed by atoms with Crippen molar-refractivity contribution in [3.63, 3.8) is 0 Å². The molecule has 3 fully saturated rings. The minimum Gasteiger partial charge on any atom is -0.333 e. The van der Waals surface area contributed by atoms with Crippen molar-refractivity contribution in [2.75, 3.05) is 6.54 Å². The van der Waals surface area contributed by atoms with Crippen LogP contribution < -0.4 is 5.32 Å². The van der Waals surface area contributed by atoms with Crippen molar-refractivity contribution < 1.29 is 14.8 Å². The molecule has 2 saturated carbocycles. The van der Waals surface area contributed by atoms with E-state index in [1.54, 1.807) is 0 Å². The average molecular weight is 457 g/mol. The van der Waals surface area contributed by atoms with E-state index in [1.807, 2.05) is 41.8 Å². The zero-order valence-electron chi connectivity index (χ0n) is 20.2. The summed E-state index contributed by atoms with van der Waals surface area (Å²) in [5.74, 6) is 0. The molecule has 1 aliphatic heterocycles. The Morgan fingerprint density at radius 1 is 1.03 bits per heavy atom. The minimum absolute atomic E-state index is 0.0504. The Kier molecular flexibility index (Phi) is 7.47. The third-order valence-corrected chi connectivity index (χ3v) is 7.85. The Labute approximate surface area is 198 Å². The average Bonchev–Trinajstić information content (AvgIpc) is 3.03. The standard InChI is InChI=1S/C26H40N4O3/c1-26(2)23(30(33)24(31)27-21-14-8-4-9-15-21)29(22-16-10-5-11-17-22)25(32)28(26)19-18-20-12-6-3-7-13-20/h3,6-7,12-13,21-23,33H,4-5,8-11,14-19H2,1-2H3,(H,27,31). The van der Waals surface area contributed by atoms with Crippen LogP contribution in [0.4, 0.5) is 9.59 Å². The summed E-state index contributed by atoms with van der Waals surface area (Å²) in [5, 5.41) is 15.1. The number of hydroxylamine groups is 2. The Bertz CT molecular complexity index is 803. The van der Waals surface area contributed by atoms with Crippen LogP contribution in [0.5, 0.6) is 0 Å². The van der Waals surface area contributed by atoms with Crippen LogP contribution in [-0.4, -0.2) is 62.5 Å². The Morgan fingerprint density at radius 2 is 1.64 bits per heavy atom. The molecule has 1 heterocycles. The second kappa shape index (κ2) is 10.3. The van der Waals surface area contributed by atoms with Crippen LogP contribution in [-0.2, 0) is 6.42 Å². The maximum absolute atomic E-state index is 13.8. The number of carbonyl (C=O) groups is 2. The van der Waals surface area contributed by atoms with E-state index in [0.717, 1.165) is 62.9 Å². The number of urea groups is 2. The predicted octanol–water partition coefficient (Wildman–Crippen LogP) is 5.14. The molecule has 0 bridgehead atoms. The Balaban J connectivity index is 1.55. The highest BCUT2D eigenvalue weighted by atomic mass is 16.5. The van der Waals surface area contributed by atoms with Crippen molar-refractivity contribution in [2.24, 2.45) is 0 Å². The molecule has 33 heavy (non-hydrogen) atoms. The van der Waals surface area contributed by atoms with E-state index in [9.17, 15) is 14.8 Å². The van der Waals surface area contributed by atoms with Crippen molar-refractivity contribution in [1.82, 2.24) is 20.2 Å². The van der Waals surface area contributed by atoms with Crippen molar-refractivity contribution >= 4 is 12.1 Å². The van der Waals surface area contributed by atoms with Gasteiger partial charge in [-0.15, -0.1) is 0 Å². The molecule has 4 rings (SSSR count). The lowest BCUT2D eigenvalue weighted by molar-refractivity contribution is -0.141. The summed E-state index contributed by atoms with van der Waals surface area (Å²) in [6.07, 6.45) is 10.5. The van der Waals surface area contributed by atoms with E-state index < -0.39 is 17.7 Å². The van der Waals surface area contributed by atoms with Crippen LogP contribution in [0.15, 0.2) is 30.3 Å². The lowest BCUT2D eigenvalue weighted by atomic mass is 9.92. The summed E-state index contributed by atoms with van der Waals surface area (Å²) in [5.41, 5.74) is 0.451. The SMILES string of the molecule is CC1(C)C(N(O)C(=O)NC2CCCCC2)N(C2CCCCC2)C(=O)N1CCc1ccccc1. The molecule has 7 heteroatoms. The fourth-order valence-electron chi connectivity index (χ4n) is 5.97. The largest absolute Gasteiger partial charge is 0.343 e. The number of amides is 4. The number of hydrogen-bond donors (Lipinski definition) is 2. The number of nitrogens with one attached hydrogen (secondary N) is 1. The van der Waals surface area contributed by atoms with Gasteiger partial charge in [-0.2, -0.15) is 5.06 Å². The van der Waals surface area contributed by atoms with Gasteiger partial charge in [-0.1, -0.05) is 68.9 Å². The van der Waals surface area contributed by atoms with Gasteiger partial charge in [-0.3, -0.25) is 10.1 Å². The summed E-state index contributed by atoms with van der Waals surface area (Å²) in [6, 6.07) is 9.73. The lowest BCUT2D eigenvalue weighted by Gasteiger charge is -2.41. The van der Waals surface area contributed by atoms with E-state index in [-0.39, 0.29) is 18.1 Å². The molecule has 1 saturated heterocycles. The second-order valence-electron chi connectivity index (χ2n) is 10.5. The predicted molar refractivity (Wildman–Crippen MR) is 128 cm³/mol. The quantitative estimate of drug-likeness (QED) is 0.460. The van der Waals surface area contributed by atoms with Gasteiger partial charge in [0.1, 0.15) is 0 Å². The monoisotopic (exact) mass is 456 g/mol. The molecule has 4 amide bonds. The molecule has 182 valence electrons. The van der Waals surface area contributed by atoms with Crippen LogP contribution in [0.25, 0.3) is 0 Å². The third-order valence-electron chi connectivity index (χ3n) is 7.85. The van der Waals surface area contributed by atoms with Gasteiger partial charge in [-0.05, 0) is 51.5 Å². The van der Waals surface area contributed by atoms with Crippen molar-refractivity contribution in [1.29, 1.82) is 0 Å². The molecule has 2 N–H and O–H groups in total. The molecule has 0 radical (unpaired) electrons. The zero-order chi connectivity index (χ0) is 23.4. The molecule has 1 aromatic carbocycles. The highest BCUT2D eigenvalue weighted by molar-refractivity contribution is 5.81. The Morgan fingerprint density at radius 3 is 2.27 bits per heavy atom. The number of carbonyl (C=O) groups excluding carboxylic acids is 2. The molecule has 3 aliphatic rings. The van der Waals surface area contributed by atoms with Crippen molar-refractivity contribution in [3.05, 3.63) is 35.9 Å². The third kappa shape index (κ3) is 5.13. The second-order valence-corrected chi connectivity index (χ2v) is 10.5. The fourth-order valence-corrected chi connectivity index (χ4v) is 5.97. The summed E-state index contributed by atoms with van der Waals surface area (Å²) in [7, 11) is 0. The lowest BCUT2D eigenvalue weighted by Crippen LogP contribution is -2.61. The first-order valence-corrected chi connectivity index (χ1v) is 12.8. The van der Waals surface area contributed by atoms with Crippen LogP contribution in [0.2, 0.25) is 0 Å². The summed E-state index contributed by atoms with van der Waals surface area (Å²) in [6.45, 7) is 4.49. The molecule has 0 aromatic heterocycles. The maximum atomic E-state index is 13.8. The van der Waals surface area contributed by atoms with E-state index in [1.165, 1.54) is 18.4 Å². The molecule has 0 spiro atoms. The van der Waals surface area contributed by atoms with E-state index in [4.69, 9.17) is 0 Å². The van der Waals surface area contributed by atoms with Gasteiger partial charge in [0.25, 0.3) is 0 Å². The smallest absolute Gasteiger partial charge is 0.333 e. The molecule has 1 atom stereocenters. The molecular formula is C26H40N4O3. The normalized spacial score (nSPS) is 24.2. The topological polar surface area (TPSA) is 76.1 Å².